The van der Waals surface area contributed by atoms with E-state index in [4.69, 9.17) is 5.73 Å². The van der Waals surface area contributed by atoms with Crippen molar-refractivity contribution in [3.8, 4) is 0 Å². The lowest BCUT2D eigenvalue weighted by Gasteiger charge is -2.13. The molecule has 2 rings (SSSR count). The fourth-order valence-corrected chi connectivity index (χ4v) is 1.83. The monoisotopic (exact) mass is 195 g/mol. The molecule has 1 aromatic rings. The number of rotatable bonds is 1. The van der Waals surface area contributed by atoms with E-state index in [-0.39, 0.29) is 11.8 Å². The summed E-state index contributed by atoms with van der Waals surface area (Å²) in [6.45, 7) is 0.844. The van der Waals surface area contributed by atoms with Gasteiger partial charge in [0.1, 0.15) is 5.56 Å². The fraction of sp³-hybridized carbons (Fsp3) is 0.556. The van der Waals surface area contributed by atoms with E-state index < -0.39 is 0 Å². The van der Waals surface area contributed by atoms with Gasteiger partial charge < -0.3 is 10.5 Å². The molecule has 1 aliphatic rings. The SMILES string of the molecule is COC(=O)c1c(N)nn2c1CCCC2. The van der Waals surface area contributed by atoms with Gasteiger partial charge in [-0.2, -0.15) is 5.10 Å². The molecule has 0 radical (unpaired) electrons. The number of fused-ring (bicyclic) bond motifs is 1. The summed E-state index contributed by atoms with van der Waals surface area (Å²) in [5.74, 6) is -0.0978. The minimum Gasteiger partial charge on any atom is -0.465 e. The Kier molecular flexibility index (Phi) is 2.15. The van der Waals surface area contributed by atoms with Gasteiger partial charge in [-0.1, -0.05) is 0 Å². The van der Waals surface area contributed by atoms with Crippen LogP contribution in [0.15, 0.2) is 0 Å². The molecule has 0 bridgehead atoms. The van der Waals surface area contributed by atoms with Crippen molar-refractivity contribution in [1.29, 1.82) is 0 Å². The third-order valence-electron chi connectivity index (χ3n) is 2.51. The van der Waals surface area contributed by atoms with Crippen molar-refractivity contribution in [3.63, 3.8) is 0 Å². The molecule has 0 atom stereocenters. The van der Waals surface area contributed by atoms with Crippen LogP contribution in [0, 0.1) is 0 Å². The first-order valence-corrected chi connectivity index (χ1v) is 4.67. The van der Waals surface area contributed by atoms with Crippen LogP contribution in [-0.2, 0) is 17.7 Å². The molecule has 0 saturated carbocycles. The molecule has 0 unspecified atom stereocenters. The van der Waals surface area contributed by atoms with Crippen molar-refractivity contribution in [2.45, 2.75) is 25.8 Å². The number of aromatic nitrogens is 2. The number of hydrogen-bond donors (Lipinski definition) is 1. The molecule has 0 spiro atoms. The van der Waals surface area contributed by atoms with Crippen molar-refractivity contribution < 1.29 is 9.53 Å². The normalized spacial score (nSPS) is 14.9. The maximum absolute atomic E-state index is 11.4. The molecule has 2 heterocycles. The van der Waals surface area contributed by atoms with Gasteiger partial charge in [-0.25, -0.2) is 4.79 Å². The highest BCUT2D eigenvalue weighted by Crippen LogP contribution is 2.23. The van der Waals surface area contributed by atoms with Gasteiger partial charge >= 0.3 is 5.97 Å². The van der Waals surface area contributed by atoms with E-state index in [0.29, 0.717) is 5.56 Å². The minimum absolute atomic E-state index is 0.286. The van der Waals surface area contributed by atoms with Crippen LogP contribution in [0.2, 0.25) is 0 Å². The second-order valence-corrected chi connectivity index (χ2v) is 3.38. The fourth-order valence-electron chi connectivity index (χ4n) is 1.83. The van der Waals surface area contributed by atoms with Crippen LogP contribution < -0.4 is 5.73 Å². The van der Waals surface area contributed by atoms with Gasteiger partial charge in [0, 0.05) is 6.54 Å². The maximum Gasteiger partial charge on any atom is 0.343 e. The Bertz CT molecular complexity index is 370. The molecule has 0 aromatic carbocycles. The van der Waals surface area contributed by atoms with Crippen molar-refractivity contribution in [1.82, 2.24) is 9.78 Å². The van der Waals surface area contributed by atoms with E-state index in [1.807, 2.05) is 4.68 Å². The maximum atomic E-state index is 11.4. The van der Waals surface area contributed by atoms with Crippen LogP contribution in [0.25, 0.3) is 0 Å². The van der Waals surface area contributed by atoms with Gasteiger partial charge in [0.2, 0.25) is 0 Å². The number of carbonyl (C=O) groups excluding carboxylic acids is 1. The predicted octanol–water partition coefficient (Wildman–Crippen LogP) is 0.588. The molecule has 1 aliphatic heterocycles. The number of hydrogen-bond acceptors (Lipinski definition) is 4. The summed E-state index contributed by atoms with van der Waals surface area (Å²) in [5.41, 5.74) is 7.03. The number of ether oxygens (including phenoxy) is 1. The molecule has 0 aliphatic carbocycles. The van der Waals surface area contributed by atoms with Gasteiger partial charge in [-0.15, -0.1) is 0 Å². The quantitative estimate of drug-likeness (QED) is 0.666. The molecule has 0 fully saturated rings. The zero-order valence-corrected chi connectivity index (χ0v) is 8.12. The van der Waals surface area contributed by atoms with E-state index in [1.54, 1.807) is 0 Å². The number of nitrogens with zero attached hydrogens (tertiary/aromatic N) is 2. The lowest BCUT2D eigenvalue weighted by Crippen LogP contribution is -2.14. The zero-order valence-electron chi connectivity index (χ0n) is 8.12. The van der Waals surface area contributed by atoms with E-state index >= 15 is 0 Å². The van der Waals surface area contributed by atoms with Gasteiger partial charge in [0.25, 0.3) is 0 Å². The first-order chi connectivity index (χ1) is 6.74. The van der Waals surface area contributed by atoms with E-state index in [9.17, 15) is 4.79 Å². The highest BCUT2D eigenvalue weighted by Gasteiger charge is 2.24. The molecule has 76 valence electrons. The summed E-state index contributed by atoms with van der Waals surface area (Å²) in [7, 11) is 1.36. The largest absolute Gasteiger partial charge is 0.465 e. The van der Waals surface area contributed by atoms with Crippen molar-refractivity contribution in [3.05, 3.63) is 11.3 Å². The van der Waals surface area contributed by atoms with Crippen LogP contribution in [0.3, 0.4) is 0 Å². The second kappa shape index (κ2) is 3.32. The Morgan fingerprint density at radius 2 is 2.36 bits per heavy atom. The summed E-state index contributed by atoms with van der Waals surface area (Å²) in [6.07, 6.45) is 3.03. The molecule has 2 N–H and O–H groups in total. The van der Waals surface area contributed by atoms with Crippen molar-refractivity contribution in [2.75, 3.05) is 12.8 Å². The molecule has 1 aromatic heterocycles. The minimum atomic E-state index is -0.384. The van der Waals surface area contributed by atoms with E-state index in [2.05, 4.69) is 9.84 Å². The number of nitrogen functional groups attached to an aromatic ring is 1. The number of carbonyl (C=O) groups is 1. The van der Waals surface area contributed by atoms with Crippen LogP contribution in [0.1, 0.15) is 28.9 Å². The van der Waals surface area contributed by atoms with Crippen LogP contribution in [0.5, 0.6) is 0 Å². The summed E-state index contributed by atoms with van der Waals surface area (Å²) in [5, 5.41) is 4.11. The van der Waals surface area contributed by atoms with Crippen molar-refractivity contribution in [2.24, 2.45) is 0 Å². The smallest absolute Gasteiger partial charge is 0.343 e. The molecule has 0 amide bonds. The van der Waals surface area contributed by atoms with Crippen LogP contribution >= 0.6 is 0 Å². The number of aryl methyl sites for hydroxylation is 1. The topological polar surface area (TPSA) is 70.1 Å². The first-order valence-electron chi connectivity index (χ1n) is 4.67. The van der Waals surface area contributed by atoms with Gasteiger partial charge in [0.15, 0.2) is 5.82 Å². The molecular formula is C9H13N3O2. The molecule has 5 nitrogen and oxygen atoms in total. The average molecular weight is 195 g/mol. The van der Waals surface area contributed by atoms with E-state index in [1.165, 1.54) is 7.11 Å². The number of esters is 1. The number of nitrogens with two attached hydrogens (primary N) is 1. The van der Waals surface area contributed by atoms with Gasteiger partial charge in [-0.3, -0.25) is 4.68 Å². The van der Waals surface area contributed by atoms with Gasteiger partial charge in [-0.05, 0) is 19.3 Å². The second-order valence-electron chi connectivity index (χ2n) is 3.38. The highest BCUT2D eigenvalue weighted by atomic mass is 16.5. The Morgan fingerprint density at radius 3 is 3.07 bits per heavy atom. The summed E-state index contributed by atoms with van der Waals surface area (Å²) >= 11 is 0. The predicted molar refractivity (Wildman–Crippen MR) is 50.9 cm³/mol. The summed E-state index contributed by atoms with van der Waals surface area (Å²) in [4.78, 5) is 11.4. The third-order valence-corrected chi connectivity index (χ3v) is 2.51. The molecular weight excluding hydrogens is 182 g/mol. The Hall–Kier alpha value is -1.52. The average Bonchev–Trinajstić information content (AvgIpc) is 2.53. The van der Waals surface area contributed by atoms with Crippen LogP contribution in [0.4, 0.5) is 5.82 Å². The van der Waals surface area contributed by atoms with Crippen LogP contribution in [-0.4, -0.2) is 22.9 Å². The molecule has 5 heteroatoms. The Labute approximate surface area is 81.8 Å². The van der Waals surface area contributed by atoms with E-state index in [0.717, 1.165) is 31.5 Å². The number of anilines is 1. The summed E-state index contributed by atoms with van der Waals surface area (Å²) in [6, 6.07) is 0. The zero-order chi connectivity index (χ0) is 10.1. The molecule has 14 heavy (non-hydrogen) atoms. The third kappa shape index (κ3) is 1.25. The Balaban J connectivity index is 2.47. The first kappa shape index (κ1) is 9.05. The standard InChI is InChI=1S/C9H13N3O2/c1-14-9(13)7-6-4-2-3-5-12(6)11-8(7)10/h2-5H2,1H3,(H2,10,11). The Morgan fingerprint density at radius 1 is 1.57 bits per heavy atom. The highest BCUT2D eigenvalue weighted by molar-refractivity contribution is 5.95. The van der Waals surface area contributed by atoms with Gasteiger partial charge in [0.05, 0.1) is 12.8 Å². The lowest BCUT2D eigenvalue weighted by atomic mass is 10.1. The van der Waals surface area contributed by atoms with Crippen molar-refractivity contribution >= 4 is 11.8 Å². The molecule has 0 saturated heterocycles. The lowest BCUT2D eigenvalue weighted by molar-refractivity contribution is 0.0600. The summed E-state index contributed by atoms with van der Waals surface area (Å²) < 4.78 is 6.48. The number of methoxy groups -OCH3 is 1.